The van der Waals surface area contributed by atoms with Crippen molar-refractivity contribution in [3.63, 3.8) is 0 Å². The molecule has 17 heavy (non-hydrogen) atoms. The van der Waals surface area contributed by atoms with Gasteiger partial charge < -0.3 is 10.0 Å². The predicted molar refractivity (Wildman–Crippen MR) is 47.0 cm³/mol. The van der Waals surface area contributed by atoms with E-state index in [2.05, 4.69) is 15.2 Å². The van der Waals surface area contributed by atoms with Gasteiger partial charge in [0.1, 0.15) is 5.69 Å². The normalized spacial score (nSPS) is 15.6. The van der Waals surface area contributed by atoms with Crippen LogP contribution in [-0.2, 0) is 19.1 Å². The lowest BCUT2D eigenvalue weighted by molar-refractivity contribution is -0.145. The van der Waals surface area contributed by atoms with Gasteiger partial charge in [-0.15, -0.1) is 10.2 Å². The number of carbonyl (C=O) groups is 1. The molecule has 0 aromatic carbocycles. The van der Waals surface area contributed by atoms with Gasteiger partial charge in [0, 0.05) is 13.0 Å². The van der Waals surface area contributed by atoms with Crippen LogP contribution in [0, 0.1) is 0 Å². The lowest BCUT2D eigenvalue weighted by Crippen LogP contribution is -2.36. The summed E-state index contributed by atoms with van der Waals surface area (Å²) in [5.74, 6) is -1.29. The third-order valence-corrected chi connectivity index (χ3v) is 2.32. The topological polar surface area (TPSA) is 79.2 Å². The summed E-state index contributed by atoms with van der Waals surface area (Å²) in [4.78, 5) is 15.1. The summed E-state index contributed by atoms with van der Waals surface area (Å²) in [6.45, 7) is 0.0289. The van der Waals surface area contributed by atoms with Gasteiger partial charge in [0.2, 0.25) is 0 Å². The van der Waals surface area contributed by atoms with Crippen molar-refractivity contribution in [2.75, 3.05) is 6.54 Å². The van der Waals surface area contributed by atoms with Crippen molar-refractivity contribution >= 4 is 6.09 Å². The van der Waals surface area contributed by atoms with Gasteiger partial charge in [0.05, 0.1) is 12.2 Å². The Bertz CT molecular complexity index is 463. The molecule has 1 N–H and O–H groups in total. The lowest BCUT2D eigenvalue weighted by Gasteiger charge is -2.24. The van der Waals surface area contributed by atoms with Gasteiger partial charge in [0.15, 0.2) is 0 Å². The van der Waals surface area contributed by atoms with Gasteiger partial charge in [-0.25, -0.2) is 9.78 Å². The van der Waals surface area contributed by atoms with Gasteiger partial charge in [0.25, 0.3) is 5.82 Å². The molecule has 0 saturated heterocycles. The number of fused-ring (bicyclic) bond motifs is 1. The van der Waals surface area contributed by atoms with E-state index in [0.717, 1.165) is 4.90 Å². The maximum atomic E-state index is 12.3. The predicted octanol–water partition coefficient (Wildman–Crippen LogP) is 0.927. The summed E-state index contributed by atoms with van der Waals surface area (Å²) >= 11 is 0. The lowest BCUT2D eigenvalue weighted by atomic mass is 10.1. The van der Waals surface area contributed by atoms with Crippen LogP contribution in [0.4, 0.5) is 18.0 Å². The minimum atomic E-state index is -4.63. The molecule has 0 unspecified atom stereocenters. The third-order valence-electron chi connectivity index (χ3n) is 2.32. The zero-order valence-electron chi connectivity index (χ0n) is 8.40. The zero-order valence-corrected chi connectivity index (χ0v) is 8.40. The van der Waals surface area contributed by atoms with Crippen molar-refractivity contribution in [1.82, 2.24) is 20.1 Å². The second-order valence-electron chi connectivity index (χ2n) is 3.48. The standard InChI is InChI=1S/C8H7F3N4O2/c9-8(10,11)6-12-4-1-2-15(7(16)17)3-5(4)13-14-6/h1-3H2,(H,16,17). The average molecular weight is 248 g/mol. The molecule has 1 aromatic heterocycles. The number of nitrogens with zero attached hydrogens (tertiary/aromatic N) is 4. The molecule has 0 saturated carbocycles. The van der Waals surface area contributed by atoms with Crippen molar-refractivity contribution < 1.29 is 23.1 Å². The molecule has 6 nitrogen and oxygen atoms in total. The second kappa shape index (κ2) is 3.82. The first-order valence-corrected chi connectivity index (χ1v) is 4.65. The maximum absolute atomic E-state index is 12.3. The molecule has 1 aromatic rings. The number of halogens is 3. The van der Waals surface area contributed by atoms with E-state index < -0.39 is 18.1 Å². The highest BCUT2D eigenvalue weighted by molar-refractivity contribution is 5.65. The van der Waals surface area contributed by atoms with Crippen LogP contribution in [0.15, 0.2) is 0 Å². The molecular weight excluding hydrogens is 241 g/mol. The van der Waals surface area contributed by atoms with Crippen LogP contribution < -0.4 is 0 Å². The molecule has 0 fully saturated rings. The Hall–Kier alpha value is -1.93. The number of hydrogen-bond acceptors (Lipinski definition) is 4. The van der Waals surface area contributed by atoms with Crippen LogP contribution >= 0.6 is 0 Å². The van der Waals surface area contributed by atoms with Crippen LogP contribution in [0.5, 0.6) is 0 Å². The summed E-state index contributed by atoms with van der Waals surface area (Å²) < 4.78 is 36.9. The summed E-state index contributed by atoms with van der Waals surface area (Å²) in [5, 5.41) is 15.1. The summed E-state index contributed by atoms with van der Waals surface area (Å²) in [5.41, 5.74) is 0.330. The monoisotopic (exact) mass is 248 g/mol. The molecular formula is C8H7F3N4O2. The minimum Gasteiger partial charge on any atom is -0.465 e. The quantitative estimate of drug-likeness (QED) is 0.738. The van der Waals surface area contributed by atoms with Crippen LogP contribution in [0.3, 0.4) is 0 Å². The van der Waals surface area contributed by atoms with E-state index in [-0.39, 0.29) is 30.9 Å². The molecule has 0 aliphatic carbocycles. The Morgan fingerprint density at radius 1 is 1.29 bits per heavy atom. The summed E-state index contributed by atoms with van der Waals surface area (Å²) in [6, 6.07) is 0. The second-order valence-corrected chi connectivity index (χ2v) is 3.48. The van der Waals surface area contributed by atoms with Crippen molar-refractivity contribution in [1.29, 1.82) is 0 Å². The van der Waals surface area contributed by atoms with Crippen LogP contribution in [-0.4, -0.2) is 37.8 Å². The molecule has 0 bridgehead atoms. The molecule has 0 atom stereocenters. The fourth-order valence-electron chi connectivity index (χ4n) is 1.49. The number of amides is 1. The first-order valence-electron chi connectivity index (χ1n) is 4.65. The molecule has 1 amide bonds. The van der Waals surface area contributed by atoms with E-state index in [9.17, 15) is 18.0 Å². The number of carboxylic acid groups (broad SMARTS) is 1. The van der Waals surface area contributed by atoms with Crippen LogP contribution in [0.1, 0.15) is 17.2 Å². The van der Waals surface area contributed by atoms with Crippen molar-refractivity contribution in [3.05, 3.63) is 17.2 Å². The Kier molecular flexibility index (Phi) is 2.60. The maximum Gasteiger partial charge on any atom is 0.453 e. The fourth-order valence-corrected chi connectivity index (χ4v) is 1.49. The molecule has 9 heteroatoms. The summed E-state index contributed by atoms with van der Waals surface area (Å²) in [6.07, 6.45) is -5.66. The summed E-state index contributed by atoms with van der Waals surface area (Å²) in [7, 11) is 0. The van der Waals surface area contributed by atoms with E-state index in [1.54, 1.807) is 0 Å². The van der Waals surface area contributed by atoms with Gasteiger partial charge in [-0.05, 0) is 0 Å². The van der Waals surface area contributed by atoms with Gasteiger partial charge >= 0.3 is 12.3 Å². The average Bonchev–Trinajstić information content (AvgIpc) is 2.26. The molecule has 0 radical (unpaired) electrons. The molecule has 1 aliphatic heterocycles. The fraction of sp³-hybridized carbons (Fsp3) is 0.500. The van der Waals surface area contributed by atoms with E-state index in [1.165, 1.54) is 0 Å². The van der Waals surface area contributed by atoms with Gasteiger partial charge in [-0.2, -0.15) is 13.2 Å². The Labute approximate surface area is 93.1 Å². The highest BCUT2D eigenvalue weighted by Gasteiger charge is 2.36. The van der Waals surface area contributed by atoms with Crippen LogP contribution in [0.25, 0.3) is 0 Å². The van der Waals surface area contributed by atoms with E-state index in [1.807, 2.05) is 0 Å². The molecule has 0 spiro atoms. The Balaban J connectivity index is 2.29. The first-order chi connectivity index (χ1) is 7.88. The Morgan fingerprint density at radius 3 is 2.59 bits per heavy atom. The smallest absolute Gasteiger partial charge is 0.453 e. The molecule has 92 valence electrons. The van der Waals surface area contributed by atoms with Gasteiger partial charge in [-0.1, -0.05) is 0 Å². The number of aromatic nitrogens is 3. The van der Waals surface area contributed by atoms with Gasteiger partial charge in [-0.3, -0.25) is 0 Å². The van der Waals surface area contributed by atoms with Crippen molar-refractivity contribution in [3.8, 4) is 0 Å². The molecule has 1 aliphatic rings. The zero-order chi connectivity index (χ0) is 12.6. The van der Waals surface area contributed by atoms with E-state index in [0.29, 0.717) is 0 Å². The van der Waals surface area contributed by atoms with E-state index in [4.69, 9.17) is 5.11 Å². The number of alkyl halides is 3. The number of rotatable bonds is 0. The minimum absolute atomic E-state index is 0.0806. The van der Waals surface area contributed by atoms with Crippen molar-refractivity contribution in [2.45, 2.75) is 19.1 Å². The first kappa shape index (κ1) is 11.6. The highest BCUT2D eigenvalue weighted by atomic mass is 19.4. The molecule has 2 rings (SSSR count). The largest absolute Gasteiger partial charge is 0.465 e. The van der Waals surface area contributed by atoms with E-state index >= 15 is 0 Å². The Morgan fingerprint density at radius 2 is 2.00 bits per heavy atom. The van der Waals surface area contributed by atoms with Crippen LogP contribution in [0.2, 0.25) is 0 Å². The van der Waals surface area contributed by atoms with Crippen molar-refractivity contribution in [2.24, 2.45) is 0 Å². The highest BCUT2D eigenvalue weighted by Crippen LogP contribution is 2.26. The SMILES string of the molecule is O=C(O)N1CCc2nc(C(F)(F)F)nnc2C1. The third kappa shape index (κ3) is 2.27. The molecule has 2 heterocycles. The number of hydrogen-bond donors (Lipinski definition) is 1.